The second-order valence-electron chi connectivity index (χ2n) is 8.60. The van der Waals surface area contributed by atoms with E-state index in [0.29, 0.717) is 43.1 Å². The summed E-state index contributed by atoms with van der Waals surface area (Å²) in [4.78, 5) is 60.4. The Morgan fingerprint density at radius 3 is 2.74 bits per heavy atom. The molecular weight excluding hydrogens is 504 g/mol. The minimum Gasteiger partial charge on any atom is -0.480 e. The van der Waals surface area contributed by atoms with Gasteiger partial charge in [-0.15, -0.1) is 4.33 Å². The molecule has 3 saturated heterocycles. The van der Waals surface area contributed by atoms with Gasteiger partial charge in [-0.05, 0) is 32.1 Å². The Hall–Kier alpha value is -2.07. The van der Waals surface area contributed by atoms with E-state index in [-0.39, 0.29) is 36.9 Å². The average molecular weight is 535 g/mol. The van der Waals surface area contributed by atoms with Crippen molar-refractivity contribution < 1.29 is 43.7 Å². The molecule has 3 fully saturated rings. The number of rotatable bonds is 15. The molecule has 196 valence electrons. The third kappa shape index (κ3) is 7.46. The van der Waals surface area contributed by atoms with Crippen molar-refractivity contribution in [3.05, 3.63) is 0 Å². The van der Waals surface area contributed by atoms with E-state index in [1.54, 1.807) is 0 Å². The van der Waals surface area contributed by atoms with Crippen LogP contribution in [0.5, 0.6) is 0 Å². The summed E-state index contributed by atoms with van der Waals surface area (Å²) in [7, 11) is 0. The number of amides is 5. The number of carbonyl (C=O) groups is 5. The van der Waals surface area contributed by atoms with Gasteiger partial charge in [0.05, 0.1) is 18.5 Å². The zero-order valence-electron chi connectivity index (χ0n) is 19.0. The molecule has 0 bridgehead atoms. The molecule has 5 atom stereocenters. The predicted molar refractivity (Wildman–Crippen MR) is 125 cm³/mol. The third-order valence-electron chi connectivity index (χ3n) is 6.23. The summed E-state index contributed by atoms with van der Waals surface area (Å²) >= 11 is 2.28. The zero-order chi connectivity index (χ0) is 25.4. The number of aliphatic carboxylic acids is 1. The van der Waals surface area contributed by atoms with E-state index in [2.05, 4.69) is 25.3 Å². The van der Waals surface area contributed by atoms with Crippen LogP contribution in [-0.2, 0) is 28.6 Å². The lowest BCUT2D eigenvalue weighted by Crippen LogP contribution is -2.45. The van der Waals surface area contributed by atoms with Crippen molar-refractivity contribution in [2.24, 2.45) is 0 Å². The SMILES string of the molecule is O=C(CCCCC1SC[C@@H]2NC(=O)N[C@H]12)NCCCCC(C(=O)O)N1C(=O)CC(SOOO)C1=O. The molecule has 5 N–H and O–H groups in total. The molecule has 0 radical (unpaired) electrons. The maximum Gasteiger partial charge on any atom is 0.326 e. The second-order valence-corrected chi connectivity index (χ2v) is 10.8. The van der Waals surface area contributed by atoms with Gasteiger partial charge >= 0.3 is 12.0 Å². The van der Waals surface area contributed by atoms with Crippen molar-refractivity contribution >= 4 is 53.5 Å². The largest absolute Gasteiger partial charge is 0.480 e. The van der Waals surface area contributed by atoms with Crippen LogP contribution in [0.15, 0.2) is 0 Å². The summed E-state index contributed by atoms with van der Waals surface area (Å²) in [5.41, 5.74) is 0. The highest BCUT2D eigenvalue weighted by molar-refractivity contribution is 8.00. The summed E-state index contributed by atoms with van der Waals surface area (Å²) in [5, 5.41) is 29.2. The monoisotopic (exact) mass is 534 g/mol. The van der Waals surface area contributed by atoms with E-state index in [1.165, 1.54) is 0 Å². The summed E-state index contributed by atoms with van der Waals surface area (Å²) in [6.07, 6.45) is 3.66. The molecular formula is C20H30N4O9S2. The highest BCUT2D eigenvalue weighted by atomic mass is 32.2. The number of thioether (sulfide) groups is 1. The Labute approximate surface area is 210 Å². The second kappa shape index (κ2) is 13.3. The quantitative estimate of drug-likeness (QED) is 0.0496. The summed E-state index contributed by atoms with van der Waals surface area (Å²) < 4.78 is 4.21. The number of nitrogens with zero attached hydrogens (tertiary/aromatic N) is 1. The first kappa shape index (κ1) is 27.5. The molecule has 0 saturated carbocycles. The van der Waals surface area contributed by atoms with Gasteiger partial charge in [-0.3, -0.25) is 19.3 Å². The molecule has 3 rings (SSSR count). The highest BCUT2D eigenvalue weighted by Gasteiger charge is 2.46. The van der Waals surface area contributed by atoms with Crippen LogP contribution < -0.4 is 16.0 Å². The number of hydrogen-bond acceptors (Lipinski definition) is 10. The Kier molecular flexibility index (Phi) is 10.5. The van der Waals surface area contributed by atoms with Crippen LogP contribution in [0.3, 0.4) is 0 Å². The van der Waals surface area contributed by atoms with Crippen LogP contribution in [0.4, 0.5) is 4.79 Å². The van der Waals surface area contributed by atoms with Crippen molar-refractivity contribution in [1.29, 1.82) is 0 Å². The molecule has 13 nitrogen and oxygen atoms in total. The first-order valence-corrected chi connectivity index (χ1v) is 13.3. The molecule has 0 aliphatic carbocycles. The van der Waals surface area contributed by atoms with Gasteiger partial charge in [0.25, 0.3) is 0 Å². The van der Waals surface area contributed by atoms with Gasteiger partial charge in [0.15, 0.2) is 0 Å². The maximum absolute atomic E-state index is 12.3. The topological polar surface area (TPSA) is 184 Å². The molecule has 15 heteroatoms. The zero-order valence-corrected chi connectivity index (χ0v) is 20.6. The van der Waals surface area contributed by atoms with Crippen LogP contribution in [0.2, 0.25) is 0 Å². The Bertz CT molecular complexity index is 817. The van der Waals surface area contributed by atoms with Gasteiger partial charge in [-0.25, -0.2) is 14.8 Å². The molecule has 35 heavy (non-hydrogen) atoms. The van der Waals surface area contributed by atoms with Crippen LogP contribution in [-0.4, -0.2) is 85.9 Å². The lowest BCUT2D eigenvalue weighted by atomic mass is 10.0. The van der Waals surface area contributed by atoms with Crippen molar-refractivity contribution in [2.45, 2.75) is 80.0 Å². The molecule has 3 aliphatic rings. The van der Waals surface area contributed by atoms with Crippen LogP contribution in [0.25, 0.3) is 0 Å². The number of hydrogen-bond donors (Lipinski definition) is 5. The van der Waals surface area contributed by atoms with E-state index >= 15 is 0 Å². The number of likely N-dealkylation sites (tertiary alicyclic amines) is 1. The fraction of sp³-hybridized carbons (Fsp3) is 0.750. The lowest BCUT2D eigenvalue weighted by Gasteiger charge is -2.22. The van der Waals surface area contributed by atoms with Gasteiger partial charge in [0, 0.05) is 36.0 Å². The smallest absolute Gasteiger partial charge is 0.326 e. The molecule has 3 heterocycles. The minimum atomic E-state index is -1.31. The number of urea groups is 1. The van der Waals surface area contributed by atoms with Crippen molar-refractivity contribution in [1.82, 2.24) is 20.9 Å². The number of carboxylic acids is 1. The number of unbranched alkanes of at least 4 members (excludes halogenated alkanes) is 2. The molecule has 0 aromatic carbocycles. The summed E-state index contributed by atoms with van der Waals surface area (Å²) in [6.45, 7) is 0.368. The fourth-order valence-corrected chi connectivity index (χ4v) is 6.59. The van der Waals surface area contributed by atoms with Gasteiger partial charge in [0.2, 0.25) is 17.7 Å². The molecule has 3 unspecified atom stereocenters. The van der Waals surface area contributed by atoms with Crippen LogP contribution in [0, 0.1) is 0 Å². The summed E-state index contributed by atoms with van der Waals surface area (Å²) in [5.74, 6) is -1.81. The Morgan fingerprint density at radius 1 is 1.20 bits per heavy atom. The third-order valence-corrected chi connectivity index (χ3v) is 8.48. The van der Waals surface area contributed by atoms with Crippen molar-refractivity contribution in [2.75, 3.05) is 12.3 Å². The van der Waals surface area contributed by atoms with Crippen molar-refractivity contribution in [3.63, 3.8) is 0 Å². The average Bonchev–Trinajstić information content (AvgIpc) is 3.45. The van der Waals surface area contributed by atoms with Gasteiger partial charge in [-0.2, -0.15) is 11.8 Å². The molecule has 0 aromatic heterocycles. The number of carboxylic acid groups (broad SMARTS) is 1. The Morgan fingerprint density at radius 2 is 2.00 bits per heavy atom. The molecule has 3 aliphatic heterocycles. The van der Waals surface area contributed by atoms with Gasteiger partial charge < -0.3 is 21.1 Å². The van der Waals surface area contributed by atoms with E-state index in [1.807, 2.05) is 11.8 Å². The maximum atomic E-state index is 12.3. The van der Waals surface area contributed by atoms with Crippen LogP contribution >= 0.6 is 23.8 Å². The minimum absolute atomic E-state index is 0.0596. The van der Waals surface area contributed by atoms with Crippen LogP contribution in [0.1, 0.15) is 51.4 Å². The lowest BCUT2D eigenvalue weighted by molar-refractivity contribution is -0.432. The highest BCUT2D eigenvalue weighted by Crippen LogP contribution is 2.33. The van der Waals surface area contributed by atoms with Gasteiger partial charge in [-0.1, -0.05) is 11.5 Å². The Balaban J connectivity index is 1.28. The van der Waals surface area contributed by atoms with Crippen molar-refractivity contribution in [3.8, 4) is 0 Å². The first-order valence-electron chi connectivity index (χ1n) is 11.5. The number of fused-ring (bicyclic) bond motifs is 1. The molecule has 0 aromatic rings. The standard InChI is InChI=1S/C20H30N4O9S2/c25-15(7-2-1-6-13-17-11(10-34-13)22-20(30)23-17)21-8-4-3-5-12(19(28)29)24-16(26)9-14(18(24)27)35-33-32-31/h11-14,17,31H,1-10H2,(H,21,25)(H,28,29)(H2,22,23,30)/t11-,12?,13?,14?,17-/m0/s1. The normalized spacial score (nSPS) is 26.4. The first-order chi connectivity index (χ1) is 16.8. The number of imide groups is 1. The molecule has 5 amide bonds. The summed E-state index contributed by atoms with van der Waals surface area (Å²) in [6, 6.07) is -1.06. The fourth-order valence-electron chi connectivity index (χ4n) is 4.51. The van der Waals surface area contributed by atoms with E-state index in [0.717, 1.165) is 29.9 Å². The predicted octanol–water partition coefficient (Wildman–Crippen LogP) is 0.649. The number of nitrogens with one attached hydrogen (secondary N) is 3. The van der Waals surface area contributed by atoms with Gasteiger partial charge in [0.1, 0.15) is 11.3 Å². The number of carbonyl (C=O) groups excluding carboxylic acids is 4. The van der Waals surface area contributed by atoms with E-state index in [9.17, 15) is 29.1 Å². The molecule has 0 spiro atoms. The van der Waals surface area contributed by atoms with E-state index < -0.39 is 29.1 Å². The van der Waals surface area contributed by atoms with E-state index in [4.69, 9.17) is 5.26 Å².